The monoisotopic (exact) mass is 397 g/mol. The van der Waals surface area contributed by atoms with Crippen molar-refractivity contribution in [3.63, 3.8) is 0 Å². The van der Waals surface area contributed by atoms with E-state index in [9.17, 15) is 4.79 Å². The lowest BCUT2D eigenvalue weighted by molar-refractivity contribution is -0.122. The Bertz CT molecular complexity index is 517. The van der Waals surface area contributed by atoms with Crippen LogP contribution in [0.25, 0.3) is 0 Å². The normalized spacial score (nSPS) is 19.5. The van der Waals surface area contributed by atoms with Gasteiger partial charge in [0.1, 0.15) is 5.75 Å². The Hall–Kier alpha value is -0.880. The summed E-state index contributed by atoms with van der Waals surface area (Å²) in [5.74, 6) is 1.30. The van der Waals surface area contributed by atoms with E-state index >= 15 is 0 Å². The second-order valence-electron chi connectivity index (χ2n) is 5.67. The molecule has 1 aliphatic rings. The van der Waals surface area contributed by atoms with Gasteiger partial charge in [-0.1, -0.05) is 18.5 Å². The van der Waals surface area contributed by atoms with Gasteiger partial charge in [0, 0.05) is 30.6 Å². The van der Waals surface area contributed by atoms with Crippen molar-refractivity contribution < 1.29 is 9.53 Å². The number of nitrogens with one attached hydrogen (secondary N) is 3. The number of piperidine rings is 1. The quantitative estimate of drug-likeness (QED) is 0.689. The van der Waals surface area contributed by atoms with Crippen molar-refractivity contribution in [1.82, 2.24) is 10.6 Å². The summed E-state index contributed by atoms with van der Waals surface area (Å²) >= 11 is 5.98. The van der Waals surface area contributed by atoms with E-state index < -0.39 is 0 Å². The third-order valence-electron chi connectivity index (χ3n) is 4.00. The van der Waals surface area contributed by atoms with Crippen molar-refractivity contribution in [2.24, 2.45) is 5.92 Å². The van der Waals surface area contributed by atoms with Crippen molar-refractivity contribution in [1.29, 1.82) is 0 Å². The molecular formula is C16H26Cl3N3O2. The maximum atomic E-state index is 12.0. The number of carbonyl (C=O) groups is 1. The van der Waals surface area contributed by atoms with Gasteiger partial charge in [-0.15, -0.1) is 24.8 Å². The number of anilines is 1. The van der Waals surface area contributed by atoms with Crippen LogP contribution in [0.2, 0.25) is 5.02 Å². The molecule has 0 aromatic heterocycles. The van der Waals surface area contributed by atoms with Gasteiger partial charge in [0.25, 0.3) is 0 Å². The van der Waals surface area contributed by atoms with Crippen LogP contribution in [-0.4, -0.2) is 38.7 Å². The van der Waals surface area contributed by atoms with Crippen LogP contribution < -0.4 is 20.7 Å². The number of hydrogen-bond donors (Lipinski definition) is 3. The number of amides is 1. The SMILES string of the molecule is COc1ccc(Cl)cc1NCCC(=O)NC1CNCCC1C.Cl.Cl. The van der Waals surface area contributed by atoms with Crippen LogP contribution in [-0.2, 0) is 4.79 Å². The minimum atomic E-state index is 0. The molecular weight excluding hydrogens is 373 g/mol. The van der Waals surface area contributed by atoms with E-state index in [0.29, 0.717) is 23.9 Å². The third kappa shape index (κ3) is 6.93. The maximum Gasteiger partial charge on any atom is 0.222 e. The molecule has 0 radical (unpaired) electrons. The molecule has 2 rings (SSSR count). The first-order valence-corrected chi connectivity index (χ1v) is 8.05. The molecule has 24 heavy (non-hydrogen) atoms. The van der Waals surface area contributed by atoms with Gasteiger partial charge in [-0.05, 0) is 37.1 Å². The van der Waals surface area contributed by atoms with Crippen LogP contribution in [0.15, 0.2) is 18.2 Å². The van der Waals surface area contributed by atoms with Crippen molar-refractivity contribution in [2.75, 3.05) is 32.1 Å². The van der Waals surface area contributed by atoms with Gasteiger partial charge in [0.15, 0.2) is 0 Å². The fraction of sp³-hybridized carbons (Fsp3) is 0.562. The predicted molar refractivity (Wildman–Crippen MR) is 104 cm³/mol. The Morgan fingerprint density at radius 3 is 2.83 bits per heavy atom. The molecule has 2 atom stereocenters. The molecule has 0 bridgehead atoms. The Morgan fingerprint density at radius 2 is 2.17 bits per heavy atom. The second kappa shape index (κ2) is 11.6. The molecule has 1 amide bonds. The van der Waals surface area contributed by atoms with Crippen molar-refractivity contribution >= 4 is 48.0 Å². The highest BCUT2D eigenvalue weighted by atomic mass is 35.5. The van der Waals surface area contributed by atoms with E-state index in [4.69, 9.17) is 16.3 Å². The lowest BCUT2D eigenvalue weighted by Gasteiger charge is -2.30. The zero-order valence-electron chi connectivity index (χ0n) is 13.9. The van der Waals surface area contributed by atoms with Gasteiger partial charge in [0.05, 0.1) is 12.8 Å². The van der Waals surface area contributed by atoms with E-state index in [2.05, 4.69) is 22.9 Å². The Labute approximate surface area is 161 Å². The number of halogens is 3. The molecule has 0 spiro atoms. The van der Waals surface area contributed by atoms with Crippen LogP contribution in [0.4, 0.5) is 5.69 Å². The molecule has 2 unspecified atom stereocenters. The largest absolute Gasteiger partial charge is 0.495 e. The number of carbonyl (C=O) groups excluding carboxylic acids is 1. The van der Waals surface area contributed by atoms with E-state index in [0.717, 1.165) is 30.9 Å². The van der Waals surface area contributed by atoms with Gasteiger partial charge < -0.3 is 20.7 Å². The average Bonchev–Trinajstić information content (AvgIpc) is 2.50. The molecule has 3 N–H and O–H groups in total. The zero-order chi connectivity index (χ0) is 15.9. The number of ether oxygens (including phenoxy) is 1. The molecule has 1 saturated heterocycles. The third-order valence-corrected chi connectivity index (χ3v) is 4.24. The van der Waals surface area contributed by atoms with Gasteiger partial charge in [-0.3, -0.25) is 4.79 Å². The van der Waals surface area contributed by atoms with Gasteiger partial charge in [-0.2, -0.15) is 0 Å². The van der Waals surface area contributed by atoms with E-state index in [1.54, 1.807) is 25.3 Å². The highest BCUT2D eigenvalue weighted by molar-refractivity contribution is 6.30. The molecule has 1 heterocycles. The minimum Gasteiger partial charge on any atom is -0.495 e. The molecule has 1 aromatic rings. The first kappa shape index (κ1) is 23.1. The summed E-state index contributed by atoms with van der Waals surface area (Å²) in [6, 6.07) is 5.60. The van der Waals surface area contributed by atoms with Crippen LogP contribution in [0.5, 0.6) is 5.75 Å². The van der Waals surface area contributed by atoms with Crippen molar-refractivity contribution in [3.8, 4) is 5.75 Å². The molecule has 138 valence electrons. The topological polar surface area (TPSA) is 62.4 Å². The standard InChI is InChI=1S/C16H24ClN3O2.2ClH/c1-11-5-7-18-10-14(11)20-16(21)6-8-19-13-9-12(17)3-4-15(13)22-2;;/h3-4,9,11,14,18-19H,5-8,10H2,1-2H3,(H,20,21);2*1H. The van der Waals surface area contributed by atoms with Crippen molar-refractivity contribution in [2.45, 2.75) is 25.8 Å². The molecule has 5 nitrogen and oxygen atoms in total. The number of benzene rings is 1. The molecule has 0 saturated carbocycles. The highest BCUT2D eigenvalue weighted by Crippen LogP contribution is 2.27. The van der Waals surface area contributed by atoms with Crippen molar-refractivity contribution in [3.05, 3.63) is 23.2 Å². The average molecular weight is 399 g/mol. The van der Waals surface area contributed by atoms with Gasteiger partial charge in [0.2, 0.25) is 5.91 Å². The number of hydrogen-bond acceptors (Lipinski definition) is 4. The van der Waals surface area contributed by atoms with Crippen LogP contribution in [0, 0.1) is 5.92 Å². The predicted octanol–water partition coefficient (Wildman–Crippen LogP) is 3.11. The van der Waals surface area contributed by atoms with E-state index in [-0.39, 0.29) is 36.8 Å². The maximum absolute atomic E-state index is 12.0. The first-order valence-electron chi connectivity index (χ1n) is 7.67. The Balaban J connectivity index is 0.00000264. The highest BCUT2D eigenvalue weighted by Gasteiger charge is 2.22. The van der Waals surface area contributed by atoms with Gasteiger partial charge >= 0.3 is 0 Å². The Morgan fingerprint density at radius 1 is 1.42 bits per heavy atom. The molecule has 1 aromatic carbocycles. The summed E-state index contributed by atoms with van der Waals surface area (Å²) in [5.41, 5.74) is 0.801. The summed E-state index contributed by atoms with van der Waals surface area (Å²) in [4.78, 5) is 12.0. The molecule has 0 aliphatic carbocycles. The summed E-state index contributed by atoms with van der Waals surface area (Å²) < 4.78 is 5.26. The fourth-order valence-electron chi connectivity index (χ4n) is 2.59. The number of methoxy groups -OCH3 is 1. The first-order chi connectivity index (χ1) is 10.6. The molecule has 1 aliphatic heterocycles. The van der Waals surface area contributed by atoms with Crippen LogP contribution in [0.3, 0.4) is 0 Å². The van der Waals surface area contributed by atoms with Crippen LogP contribution >= 0.6 is 36.4 Å². The lowest BCUT2D eigenvalue weighted by atomic mass is 9.95. The second-order valence-corrected chi connectivity index (χ2v) is 6.10. The smallest absolute Gasteiger partial charge is 0.222 e. The summed E-state index contributed by atoms with van der Waals surface area (Å²) in [6.45, 7) is 4.60. The fourth-order valence-corrected chi connectivity index (χ4v) is 2.76. The molecule has 1 fully saturated rings. The summed E-state index contributed by atoms with van der Waals surface area (Å²) in [7, 11) is 1.61. The van der Waals surface area contributed by atoms with Crippen LogP contribution in [0.1, 0.15) is 19.8 Å². The van der Waals surface area contributed by atoms with Gasteiger partial charge in [-0.25, -0.2) is 0 Å². The summed E-state index contributed by atoms with van der Waals surface area (Å²) in [6.07, 6.45) is 1.52. The van der Waals surface area contributed by atoms with E-state index in [1.807, 2.05) is 0 Å². The minimum absolute atomic E-state index is 0. The Kier molecular flexibility index (Phi) is 11.2. The summed E-state index contributed by atoms with van der Waals surface area (Å²) in [5, 5.41) is 10.2. The number of rotatable bonds is 6. The molecule has 8 heteroatoms. The van der Waals surface area contributed by atoms with E-state index in [1.165, 1.54) is 0 Å². The lowest BCUT2D eigenvalue weighted by Crippen LogP contribution is -2.50. The zero-order valence-corrected chi connectivity index (χ0v) is 16.3.